The molecule has 0 N–H and O–H groups in total. The molecule has 0 atom stereocenters. The van der Waals surface area contributed by atoms with Crippen LogP contribution in [-0.4, -0.2) is 27.9 Å². The number of imidazole rings is 1. The van der Waals surface area contributed by atoms with E-state index in [4.69, 9.17) is 14.3 Å². The number of aryl methyl sites for hydroxylation is 1. The highest BCUT2D eigenvalue weighted by Crippen LogP contribution is 2.37. The fourth-order valence-corrected chi connectivity index (χ4v) is 5.85. The maximum absolute atomic E-state index is 6.37. The average molecular weight is 524 g/mol. The Labute approximate surface area is 235 Å². The van der Waals surface area contributed by atoms with Gasteiger partial charge in [0.2, 0.25) is 0 Å². The number of nitrogens with zero attached hydrogens (tertiary/aromatic N) is 2. The average Bonchev–Trinajstić information content (AvgIpc) is 3.45. The Morgan fingerprint density at radius 3 is 2.15 bits per heavy atom. The van der Waals surface area contributed by atoms with Gasteiger partial charge >= 0.3 is 7.12 Å². The second-order valence-electron chi connectivity index (χ2n) is 11.8. The number of hydrogen-bond acceptors (Lipinski definition) is 3. The van der Waals surface area contributed by atoms with Crippen molar-refractivity contribution in [3.8, 4) is 16.8 Å². The fraction of sp³-hybridized carbons (Fsp3) is 0.229. The molecule has 198 valence electrons. The zero-order valence-electron chi connectivity index (χ0n) is 23.7. The number of aromatic nitrogens is 2. The highest BCUT2D eigenvalue weighted by Gasteiger charge is 2.52. The molecule has 6 aromatic rings. The molecular formula is C35H33BN2O2. The Kier molecular flexibility index (Phi) is 5.67. The van der Waals surface area contributed by atoms with Gasteiger partial charge in [0.25, 0.3) is 0 Å². The van der Waals surface area contributed by atoms with Crippen molar-refractivity contribution in [2.45, 2.75) is 52.2 Å². The Hall–Kier alpha value is -3.93. The number of rotatable bonds is 4. The van der Waals surface area contributed by atoms with Crippen LogP contribution in [0.25, 0.3) is 49.4 Å². The van der Waals surface area contributed by atoms with Gasteiger partial charge in [-0.2, -0.15) is 0 Å². The first-order valence-corrected chi connectivity index (χ1v) is 14.1. The largest absolute Gasteiger partial charge is 0.495 e. The molecule has 0 spiro atoms. The van der Waals surface area contributed by atoms with Crippen LogP contribution in [0.2, 0.25) is 0 Å². The molecule has 0 aliphatic carbocycles. The molecule has 0 radical (unpaired) electrons. The van der Waals surface area contributed by atoms with Gasteiger partial charge in [0.05, 0.1) is 22.2 Å². The maximum Gasteiger partial charge on any atom is 0.495 e. The van der Waals surface area contributed by atoms with Crippen LogP contribution in [0.5, 0.6) is 0 Å². The summed E-state index contributed by atoms with van der Waals surface area (Å²) in [5, 5.41) is 4.75. The van der Waals surface area contributed by atoms with Crippen LogP contribution in [0.1, 0.15) is 40.4 Å². The lowest BCUT2D eigenvalue weighted by Gasteiger charge is -2.32. The van der Waals surface area contributed by atoms with Gasteiger partial charge in [0.1, 0.15) is 5.82 Å². The summed E-state index contributed by atoms with van der Waals surface area (Å²) in [6, 6.07) is 34.7. The molecule has 0 amide bonds. The molecular weight excluding hydrogens is 491 g/mol. The summed E-state index contributed by atoms with van der Waals surface area (Å²) < 4.78 is 15.0. The second kappa shape index (κ2) is 9.05. The molecule has 4 nitrogen and oxygen atoms in total. The molecule has 5 aromatic carbocycles. The molecule has 7 rings (SSSR count). The standard InChI is InChI=1S/C35H33BN2O2/c1-6-32-37-33-29-12-8-7-10-24(29)17-21-31(33)38(32)27-18-14-23(15-19-27)25-16-20-28-26(22-25)11-9-13-30(28)36-39-34(2,3)35(4,5)40-36/h7-22H,6H2,1-5H3. The maximum atomic E-state index is 6.37. The summed E-state index contributed by atoms with van der Waals surface area (Å²) in [5.74, 6) is 1.07. The van der Waals surface area contributed by atoms with Crippen molar-refractivity contribution in [1.82, 2.24) is 9.55 Å². The molecule has 1 aliphatic rings. The van der Waals surface area contributed by atoms with E-state index in [2.05, 4.69) is 136 Å². The van der Waals surface area contributed by atoms with E-state index in [1.54, 1.807) is 0 Å². The molecule has 1 aliphatic heterocycles. The third-order valence-corrected chi connectivity index (χ3v) is 8.82. The minimum Gasteiger partial charge on any atom is -0.399 e. The predicted molar refractivity (Wildman–Crippen MR) is 167 cm³/mol. The van der Waals surface area contributed by atoms with Gasteiger partial charge in [-0.1, -0.05) is 79.7 Å². The molecule has 1 aromatic heterocycles. The van der Waals surface area contributed by atoms with Crippen LogP contribution in [0.3, 0.4) is 0 Å². The zero-order valence-corrected chi connectivity index (χ0v) is 23.7. The molecule has 0 saturated carbocycles. The van der Waals surface area contributed by atoms with Crippen molar-refractivity contribution < 1.29 is 9.31 Å². The molecule has 40 heavy (non-hydrogen) atoms. The summed E-state index contributed by atoms with van der Waals surface area (Å²) >= 11 is 0. The molecule has 0 bridgehead atoms. The van der Waals surface area contributed by atoms with Crippen molar-refractivity contribution in [2.24, 2.45) is 0 Å². The summed E-state index contributed by atoms with van der Waals surface area (Å²) in [7, 11) is -0.381. The van der Waals surface area contributed by atoms with Crippen molar-refractivity contribution in [1.29, 1.82) is 0 Å². The number of fused-ring (bicyclic) bond motifs is 4. The van der Waals surface area contributed by atoms with E-state index in [9.17, 15) is 0 Å². The summed E-state index contributed by atoms with van der Waals surface area (Å²) in [5.41, 5.74) is 6.03. The highest BCUT2D eigenvalue weighted by atomic mass is 16.7. The Morgan fingerprint density at radius 1 is 0.700 bits per heavy atom. The topological polar surface area (TPSA) is 36.3 Å². The van der Waals surface area contributed by atoms with Crippen LogP contribution >= 0.6 is 0 Å². The zero-order chi connectivity index (χ0) is 27.6. The third-order valence-electron chi connectivity index (χ3n) is 8.82. The van der Waals surface area contributed by atoms with E-state index < -0.39 is 0 Å². The minimum atomic E-state index is -0.381. The van der Waals surface area contributed by atoms with Gasteiger partial charge in [-0.05, 0) is 84.7 Å². The van der Waals surface area contributed by atoms with Crippen molar-refractivity contribution in [3.05, 3.63) is 103 Å². The lowest BCUT2D eigenvalue weighted by Crippen LogP contribution is -2.41. The van der Waals surface area contributed by atoms with Gasteiger partial charge in [-0.15, -0.1) is 0 Å². The normalized spacial score (nSPS) is 16.4. The van der Waals surface area contributed by atoms with E-state index in [1.807, 2.05) is 0 Å². The molecule has 2 heterocycles. The van der Waals surface area contributed by atoms with E-state index in [0.717, 1.165) is 39.8 Å². The molecule has 1 saturated heterocycles. The van der Waals surface area contributed by atoms with Crippen LogP contribution in [0.15, 0.2) is 97.1 Å². The first kappa shape index (κ1) is 25.1. The molecule has 0 unspecified atom stereocenters. The Balaban J connectivity index is 1.25. The quantitative estimate of drug-likeness (QED) is 0.220. The van der Waals surface area contributed by atoms with E-state index in [-0.39, 0.29) is 18.3 Å². The van der Waals surface area contributed by atoms with Crippen molar-refractivity contribution in [3.63, 3.8) is 0 Å². The van der Waals surface area contributed by atoms with Gasteiger partial charge in [0.15, 0.2) is 0 Å². The van der Waals surface area contributed by atoms with Crippen LogP contribution in [0.4, 0.5) is 0 Å². The third kappa shape index (κ3) is 3.88. The van der Waals surface area contributed by atoms with Crippen LogP contribution in [-0.2, 0) is 15.7 Å². The monoisotopic (exact) mass is 524 g/mol. The number of hydrogen-bond donors (Lipinski definition) is 0. The smallest absolute Gasteiger partial charge is 0.399 e. The Morgan fingerprint density at radius 2 is 1.40 bits per heavy atom. The number of benzene rings is 5. The Bertz CT molecular complexity index is 1890. The lowest BCUT2D eigenvalue weighted by molar-refractivity contribution is 0.00578. The van der Waals surface area contributed by atoms with Crippen LogP contribution < -0.4 is 5.46 Å². The summed E-state index contributed by atoms with van der Waals surface area (Å²) in [6.07, 6.45) is 0.862. The fourth-order valence-electron chi connectivity index (χ4n) is 5.85. The first-order chi connectivity index (χ1) is 19.3. The van der Waals surface area contributed by atoms with E-state index in [0.29, 0.717) is 0 Å². The van der Waals surface area contributed by atoms with Crippen molar-refractivity contribution >= 4 is 45.2 Å². The van der Waals surface area contributed by atoms with Gasteiger partial charge < -0.3 is 9.31 Å². The second-order valence-corrected chi connectivity index (χ2v) is 11.8. The van der Waals surface area contributed by atoms with Gasteiger partial charge in [0, 0.05) is 17.5 Å². The minimum absolute atomic E-state index is 0.368. The first-order valence-electron chi connectivity index (χ1n) is 14.1. The van der Waals surface area contributed by atoms with Crippen LogP contribution in [0, 0.1) is 0 Å². The highest BCUT2D eigenvalue weighted by molar-refractivity contribution is 6.65. The van der Waals surface area contributed by atoms with E-state index in [1.165, 1.54) is 27.3 Å². The van der Waals surface area contributed by atoms with Crippen molar-refractivity contribution in [2.75, 3.05) is 0 Å². The predicted octanol–water partition coefficient (Wildman–Crippen LogP) is 7.86. The molecule has 1 fully saturated rings. The van der Waals surface area contributed by atoms with E-state index >= 15 is 0 Å². The SMILES string of the molecule is CCc1nc2c3ccccc3ccc2n1-c1ccc(-c2ccc3c(B4OC(C)(C)C(C)(C)O4)cccc3c2)cc1. The summed E-state index contributed by atoms with van der Waals surface area (Å²) in [4.78, 5) is 5.05. The van der Waals surface area contributed by atoms with Gasteiger partial charge in [-0.3, -0.25) is 4.57 Å². The van der Waals surface area contributed by atoms with Gasteiger partial charge in [-0.25, -0.2) is 4.98 Å². The summed E-state index contributed by atoms with van der Waals surface area (Å²) in [6.45, 7) is 10.5. The lowest BCUT2D eigenvalue weighted by atomic mass is 9.76. The molecule has 5 heteroatoms.